The van der Waals surface area contributed by atoms with E-state index in [9.17, 15) is 18.0 Å². The number of amides is 2. The largest absolute Gasteiger partial charge is 0.348 e. The fourth-order valence-electron chi connectivity index (χ4n) is 2.86. The molecule has 31 heavy (non-hydrogen) atoms. The maximum Gasteiger partial charge on any atom is 0.261 e. The number of carbonyl (C=O) groups is 2. The Morgan fingerprint density at radius 3 is 2.16 bits per heavy atom. The Labute approximate surface area is 181 Å². The Kier molecular flexibility index (Phi) is 6.71. The summed E-state index contributed by atoms with van der Waals surface area (Å²) in [5.41, 5.74) is 2.11. The number of rotatable bonds is 7. The van der Waals surface area contributed by atoms with E-state index in [1.807, 2.05) is 6.07 Å². The first-order chi connectivity index (χ1) is 14.8. The van der Waals surface area contributed by atoms with Gasteiger partial charge in [0.25, 0.3) is 21.8 Å². The molecule has 7 nitrogen and oxygen atoms in total. The van der Waals surface area contributed by atoms with Crippen molar-refractivity contribution >= 4 is 27.5 Å². The number of nitrogens with one attached hydrogen (secondary N) is 2. The van der Waals surface area contributed by atoms with Gasteiger partial charge in [0.05, 0.1) is 4.90 Å². The predicted octanol–water partition coefficient (Wildman–Crippen LogP) is 3.12. The van der Waals surface area contributed by atoms with E-state index in [1.54, 1.807) is 62.6 Å². The van der Waals surface area contributed by atoms with Crippen molar-refractivity contribution in [3.8, 4) is 0 Å². The molecule has 0 bridgehead atoms. The molecule has 0 heterocycles. The van der Waals surface area contributed by atoms with E-state index >= 15 is 0 Å². The van der Waals surface area contributed by atoms with Gasteiger partial charge in [-0.25, -0.2) is 8.42 Å². The van der Waals surface area contributed by atoms with Crippen LogP contribution in [0.1, 0.15) is 26.3 Å². The summed E-state index contributed by atoms with van der Waals surface area (Å²) < 4.78 is 27.5. The van der Waals surface area contributed by atoms with Crippen LogP contribution in [-0.4, -0.2) is 39.2 Å². The minimum Gasteiger partial charge on any atom is -0.348 e. The van der Waals surface area contributed by atoms with Crippen LogP contribution in [0.25, 0.3) is 0 Å². The highest BCUT2D eigenvalue weighted by molar-refractivity contribution is 7.92. The fourth-order valence-corrected chi connectivity index (χ4v) is 3.92. The van der Waals surface area contributed by atoms with Gasteiger partial charge >= 0.3 is 0 Å². The highest BCUT2D eigenvalue weighted by Gasteiger charge is 2.15. The molecule has 0 aromatic heterocycles. The van der Waals surface area contributed by atoms with Gasteiger partial charge in [0.15, 0.2) is 0 Å². The number of hydrogen-bond donors (Lipinski definition) is 2. The van der Waals surface area contributed by atoms with E-state index in [1.165, 1.54) is 29.2 Å². The van der Waals surface area contributed by atoms with Gasteiger partial charge in [-0.15, -0.1) is 0 Å². The van der Waals surface area contributed by atoms with Crippen molar-refractivity contribution in [1.29, 1.82) is 0 Å². The molecule has 0 saturated heterocycles. The highest BCUT2D eigenvalue weighted by Crippen LogP contribution is 2.16. The maximum atomic E-state index is 12.5. The lowest BCUT2D eigenvalue weighted by Gasteiger charge is -2.12. The van der Waals surface area contributed by atoms with E-state index in [0.29, 0.717) is 16.8 Å². The van der Waals surface area contributed by atoms with Crippen LogP contribution in [0.5, 0.6) is 0 Å². The van der Waals surface area contributed by atoms with Gasteiger partial charge in [-0.1, -0.05) is 30.3 Å². The van der Waals surface area contributed by atoms with Crippen LogP contribution in [0.4, 0.5) is 5.69 Å². The van der Waals surface area contributed by atoms with Gasteiger partial charge in [0.1, 0.15) is 0 Å². The van der Waals surface area contributed by atoms with Gasteiger partial charge < -0.3 is 10.2 Å². The molecule has 2 amide bonds. The summed E-state index contributed by atoms with van der Waals surface area (Å²) in [4.78, 5) is 26.1. The normalized spacial score (nSPS) is 10.9. The molecule has 0 atom stereocenters. The minimum atomic E-state index is -3.75. The van der Waals surface area contributed by atoms with E-state index in [2.05, 4.69) is 10.0 Å². The Balaban J connectivity index is 1.64. The Morgan fingerprint density at radius 2 is 1.52 bits per heavy atom. The SMILES string of the molecule is CN(C)C(=O)c1cccc(CNC(=O)c2ccc(S(=O)(=O)Nc3ccccc3)cc2)c1. The topological polar surface area (TPSA) is 95.6 Å². The zero-order valence-corrected chi connectivity index (χ0v) is 18.0. The maximum absolute atomic E-state index is 12.5. The van der Waals surface area contributed by atoms with Crippen LogP contribution in [0.2, 0.25) is 0 Å². The minimum absolute atomic E-state index is 0.0582. The smallest absolute Gasteiger partial charge is 0.261 e. The van der Waals surface area contributed by atoms with Gasteiger partial charge in [-0.3, -0.25) is 14.3 Å². The van der Waals surface area contributed by atoms with Gasteiger partial charge in [-0.05, 0) is 54.1 Å². The molecular formula is C23H23N3O4S. The van der Waals surface area contributed by atoms with Crippen molar-refractivity contribution in [1.82, 2.24) is 10.2 Å². The summed E-state index contributed by atoms with van der Waals surface area (Å²) in [5.74, 6) is -0.460. The number of carbonyl (C=O) groups excluding carboxylic acids is 2. The molecule has 0 unspecified atom stereocenters. The summed E-state index contributed by atoms with van der Waals surface area (Å²) in [5, 5.41) is 2.78. The third-order valence-corrected chi connectivity index (χ3v) is 5.88. The quantitative estimate of drug-likeness (QED) is 0.594. The summed E-state index contributed by atoms with van der Waals surface area (Å²) in [6.45, 7) is 0.239. The second kappa shape index (κ2) is 9.44. The zero-order valence-electron chi connectivity index (χ0n) is 17.2. The second-order valence-corrected chi connectivity index (χ2v) is 8.76. The summed E-state index contributed by atoms with van der Waals surface area (Å²) in [6.07, 6.45) is 0. The molecule has 0 aliphatic heterocycles. The van der Waals surface area contributed by atoms with Gasteiger partial charge in [0, 0.05) is 37.5 Å². The molecule has 3 aromatic rings. The van der Waals surface area contributed by atoms with Crippen molar-refractivity contribution in [2.24, 2.45) is 0 Å². The standard InChI is InChI=1S/C23H23N3O4S/c1-26(2)23(28)19-8-6-7-17(15-19)16-24-22(27)18-11-13-21(14-12-18)31(29,30)25-20-9-4-3-5-10-20/h3-15,25H,16H2,1-2H3,(H,24,27). The lowest BCUT2D eigenvalue weighted by molar-refractivity contribution is 0.0827. The average molecular weight is 438 g/mol. The number of para-hydroxylation sites is 1. The number of hydrogen-bond acceptors (Lipinski definition) is 4. The first-order valence-electron chi connectivity index (χ1n) is 9.53. The summed E-state index contributed by atoms with van der Waals surface area (Å²) in [7, 11) is -0.395. The molecule has 0 spiro atoms. The van der Waals surface area contributed by atoms with Crippen molar-refractivity contribution in [2.75, 3.05) is 18.8 Å². The molecule has 8 heteroatoms. The Bertz CT molecular complexity index is 1170. The molecule has 160 valence electrons. The van der Waals surface area contributed by atoms with Crippen molar-refractivity contribution in [3.05, 3.63) is 95.6 Å². The van der Waals surface area contributed by atoms with Crippen molar-refractivity contribution in [2.45, 2.75) is 11.4 Å². The average Bonchev–Trinajstić information content (AvgIpc) is 2.77. The molecule has 0 saturated carbocycles. The molecule has 0 aliphatic rings. The lowest BCUT2D eigenvalue weighted by atomic mass is 10.1. The third kappa shape index (κ3) is 5.70. The van der Waals surface area contributed by atoms with Crippen molar-refractivity contribution < 1.29 is 18.0 Å². The predicted molar refractivity (Wildman–Crippen MR) is 119 cm³/mol. The third-order valence-electron chi connectivity index (χ3n) is 4.49. The zero-order chi connectivity index (χ0) is 22.4. The van der Waals surface area contributed by atoms with Gasteiger partial charge in [0.2, 0.25) is 0 Å². The number of benzene rings is 3. The first kappa shape index (κ1) is 22.0. The van der Waals surface area contributed by atoms with Crippen LogP contribution in [0.3, 0.4) is 0 Å². The molecule has 0 radical (unpaired) electrons. The second-order valence-electron chi connectivity index (χ2n) is 7.08. The van der Waals surface area contributed by atoms with E-state index < -0.39 is 10.0 Å². The summed E-state index contributed by atoms with van der Waals surface area (Å²) in [6, 6.07) is 21.3. The Morgan fingerprint density at radius 1 is 0.839 bits per heavy atom. The van der Waals surface area contributed by atoms with Crippen LogP contribution in [0, 0.1) is 0 Å². The van der Waals surface area contributed by atoms with Gasteiger partial charge in [-0.2, -0.15) is 0 Å². The molecule has 0 aliphatic carbocycles. The van der Waals surface area contributed by atoms with E-state index in [0.717, 1.165) is 5.56 Å². The first-order valence-corrected chi connectivity index (χ1v) is 11.0. The molecule has 0 fully saturated rings. The van der Waals surface area contributed by atoms with Crippen molar-refractivity contribution in [3.63, 3.8) is 0 Å². The molecular weight excluding hydrogens is 414 g/mol. The fraction of sp³-hybridized carbons (Fsp3) is 0.130. The molecule has 2 N–H and O–H groups in total. The van der Waals surface area contributed by atoms with E-state index in [4.69, 9.17) is 0 Å². The number of nitrogens with zero attached hydrogens (tertiary/aromatic N) is 1. The monoisotopic (exact) mass is 437 g/mol. The molecule has 3 rings (SSSR count). The number of anilines is 1. The highest BCUT2D eigenvalue weighted by atomic mass is 32.2. The molecule has 3 aromatic carbocycles. The number of sulfonamides is 1. The van der Waals surface area contributed by atoms with E-state index in [-0.39, 0.29) is 23.3 Å². The van der Waals surface area contributed by atoms with Crippen LogP contribution >= 0.6 is 0 Å². The summed E-state index contributed by atoms with van der Waals surface area (Å²) >= 11 is 0. The van der Waals surface area contributed by atoms with Crippen LogP contribution < -0.4 is 10.0 Å². The van der Waals surface area contributed by atoms with Crippen LogP contribution in [0.15, 0.2) is 83.8 Å². The lowest BCUT2D eigenvalue weighted by Crippen LogP contribution is -2.24. The Hall–Kier alpha value is -3.65. The van der Waals surface area contributed by atoms with Crippen LogP contribution in [-0.2, 0) is 16.6 Å².